The van der Waals surface area contributed by atoms with Crippen LogP contribution in [0, 0.1) is 11.8 Å². The molecule has 0 spiro atoms. The number of carbonyl (C=O) groups is 5. The maximum absolute atomic E-state index is 14.7. The summed E-state index contributed by atoms with van der Waals surface area (Å²) in [5.41, 5.74) is 7.01. The van der Waals surface area contributed by atoms with E-state index in [2.05, 4.69) is 16.0 Å². The number of Topliss-reactive ketones (excluding diaryl/α,β-unsaturated/α-hetero) is 2. The zero-order valence-electron chi connectivity index (χ0n) is 36.9. The molecule has 8 rings (SSSR count). The third kappa shape index (κ3) is 14.4. The van der Waals surface area contributed by atoms with Crippen molar-refractivity contribution in [3.8, 4) is 28.0 Å². The van der Waals surface area contributed by atoms with Crippen molar-refractivity contribution in [3.05, 3.63) is 186 Å². The van der Waals surface area contributed by atoms with Gasteiger partial charge in [-0.2, -0.15) is 8.42 Å². The van der Waals surface area contributed by atoms with E-state index in [0.717, 1.165) is 38.9 Å². The fourth-order valence-electron chi connectivity index (χ4n) is 8.20. The molecule has 4 N–H and O–H groups in total. The highest BCUT2D eigenvalue weighted by Gasteiger charge is 2.33. The SMILES string of the molecule is O=C1COc2ccc(cc2)C[C@@H](C(=O)NCS(=O)(=O)O)CC(=O)[C@H](CCc2ccccc2)NC(=O)[C@@H](Cc2ccc(-c3ccccc3)cc2)NC(=O)[C@H](Cc2ccc(-c3ccccc3)cc2)C1. The second-order valence-corrected chi connectivity index (χ2v) is 18.3. The molecule has 6 aromatic carbocycles. The summed E-state index contributed by atoms with van der Waals surface area (Å²) in [5.74, 6) is -5.53. The van der Waals surface area contributed by atoms with Gasteiger partial charge in [-0.1, -0.05) is 152 Å². The van der Waals surface area contributed by atoms with Crippen LogP contribution in [0.3, 0.4) is 0 Å². The van der Waals surface area contributed by atoms with Crippen LogP contribution in [-0.2, 0) is 59.8 Å². The van der Waals surface area contributed by atoms with E-state index in [1.807, 2.05) is 140 Å². The van der Waals surface area contributed by atoms with Gasteiger partial charge in [-0.15, -0.1) is 0 Å². The van der Waals surface area contributed by atoms with E-state index in [-0.39, 0.29) is 44.5 Å². The standard InChI is InChI=1S/C54H53N3O9S/c58-47-33-45(30-38-16-23-43(24-17-38)41-12-6-2-7-13-41)53(61)57-50(32-40-18-25-44(26-19-40)42-14-8-3-9-15-42)54(62)56-49(29-22-37-10-4-1-5-11-37)51(59)34-46(52(60)55-36-67(63,64)65)31-39-20-27-48(28-21-39)66-35-47/h1-21,23-28,45-46,49-50H,22,29-36H2,(H,55,60)(H,56,62)(H,57,61)(H,63,64,65)/t45-,46-,49+,50-/m1/s1. The number of fused-ring (bicyclic) bond motifs is 16. The molecule has 0 fully saturated rings. The predicted molar refractivity (Wildman–Crippen MR) is 256 cm³/mol. The molecular weight excluding hydrogens is 867 g/mol. The lowest BCUT2D eigenvalue weighted by atomic mass is 9.89. The molecule has 0 radical (unpaired) electrons. The largest absolute Gasteiger partial charge is 0.486 e. The topological polar surface area (TPSA) is 185 Å². The molecule has 0 aromatic heterocycles. The van der Waals surface area contributed by atoms with E-state index >= 15 is 0 Å². The van der Waals surface area contributed by atoms with Gasteiger partial charge >= 0.3 is 0 Å². The molecule has 6 aromatic rings. The van der Waals surface area contributed by atoms with Crippen LogP contribution in [0.1, 0.15) is 41.5 Å². The Labute approximate surface area is 390 Å². The molecule has 67 heavy (non-hydrogen) atoms. The Hall–Kier alpha value is -7.22. The Balaban J connectivity index is 1.23. The monoisotopic (exact) mass is 919 g/mol. The van der Waals surface area contributed by atoms with E-state index in [1.165, 1.54) is 0 Å². The predicted octanol–water partition coefficient (Wildman–Crippen LogP) is 7.16. The van der Waals surface area contributed by atoms with Crippen molar-refractivity contribution in [3.63, 3.8) is 0 Å². The number of rotatable bonds is 12. The molecule has 2 aliphatic heterocycles. The summed E-state index contributed by atoms with van der Waals surface area (Å²) in [7, 11) is -4.59. The first-order chi connectivity index (χ1) is 32.3. The summed E-state index contributed by atoms with van der Waals surface area (Å²) in [6.07, 6.45) is 0.145. The van der Waals surface area contributed by atoms with Crippen molar-refractivity contribution in [1.29, 1.82) is 0 Å². The number of ketones is 2. The average molecular weight is 920 g/mol. The van der Waals surface area contributed by atoms with Gasteiger partial charge in [-0.25, -0.2) is 0 Å². The van der Waals surface area contributed by atoms with Gasteiger partial charge in [0, 0.05) is 31.1 Å². The summed E-state index contributed by atoms with van der Waals surface area (Å²) in [6, 6.07) is 48.7. The molecule has 2 bridgehead atoms. The average Bonchev–Trinajstić information content (AvgIpc) is 3.34. The highest BCUT2D eigenvalue weighted by atomic mass is 32.2. The van der Waals surface area contributed by atoms with Crippen molar-refractivity contribution in [2.75, 3.05) is 12.5 Å². The van der Waals surface area contributed by atoms with Gasteiger partial charge < -0.3 is 20.7 Å². The number of hydrogen-bond donors (Lipinski definition) is 4. The summed E-state index contributed by atoms with van der Waals surface area (Å²) in [4.78, 5) is 71.1. The van der Waals surface area contributed by atoms with Crippen LogP contribution in [0.15, 0.2) is 164 Å². The third-order valence-corrected chi connectivity index (χ3v) is 12.4. The number of ether oxygens (including phenoxy) is 1. The number of carbonyl (C=O) groups excluding carboxylic acids is 5. The fraction of sp³-hybridized carbons (Fsp3) is 0.241. The molecule has 4 atom stereocenters. The van der Waals surface area contributed by atoms with Crippen molar-refractivity contribution in [1.82, 2.24) is 16.0 Å². The van der Waals surface area contributed by atoms with Crippen molar-refractivity contribution in [2.24, 2.45) is 11.8 Å². The molecule has 0 unspecified atom stereocenters. The first kappa shape index (κ1) is 47.7. The van der Waals surface area contributed by atoms with E-state index in [4.69, 9.17) is 4.74 Å². The molecule has 0 aliphatic carbocycles. The lowest BCUT2D eigenvalue weighted by molar-refractivity contribution is -0.135. The van der Waals surface area contributed by atoms with Crippen LogP contribution >= 0.6 is 0 Å². The van der Waals surface area contributed by atoms with Gasteiger partial charge in [0.25, 0.3) is 10.1 Å². The van der Waals surface area contributed by atoms with E-state index in [9.17, 15) is 36.9 Å². The van der Waals surface area contributed by atoms with Gasteiger partial charge in [-0.05, 0) is 82.3 Å². The highest BCUT2D eigenvalue weighted by molar-refractivity contribution is 7.85. The summed E-state index contributed by atoms with van der Waals surface area (Å²) in [5, 5.41) is 8.12. The molecule has 0 saturated heterocycles. The van der Waals surface area contributed by atoms with Crippen LogP contribution in [-0.4, -0.2) is 66.8 Å². The van der Waals surface area contributed by atoms with E-state index in [0.29, 0.717) is 17.7 Å². The Bertz CT molecular complexity index is 2730. The van der Waals surface area contributed by atoms with Crippen LogP contribution in [0.5, 0.6) is 5.75 Å². The Morgan fingerprint density at radius 1 is 0.582 bits per heavy atom. The first-order valence-corrected chi connectivity index (χ1v) is 23.9. The van der Waals surface area contributed by atoms with E-state index < -0.39 is 69.8 Å². The molecular formula is C54H53N3O9S. The van der Waals surface area contributed by atoms with Crippen LogP contribution in [0.4, 0.5) is 0 Å². The zero-order chi connectivity index (χ0) is 47.2. The second kappa shape index (κ2) is 22.8. The van der Waals surface area contributed by atoms with Crippen molar-refractivity contribution >= 4 is 39.4 Å². The zero-order valence-corrected chi connectivity index (χ0v) is 37.7. The maximum Gasteiger partial charge on any atom is 0.283 e. The molecule has 12 nitrogen and oxygen atoms in total. The van der Waals surface area contributed by atoms with Gasteiger partial charge in [0.05, 0.1) is 6.04 Å². The number of hydrogen-bond acceptors (Lipinski definition) is 8. The van der Waals surface area contributed by atoms with Crippen LogP contribution in [0.2, 0.25) is 0 Å². The van der Waals surface area contributed by atoms with Gasteiger partial charge in [0.15, 0.2) is 11.6 Å². The summed E-state index contributed by atoms with van der Waals surface area (Å²) in [6.45, 7) is -0.341. The van der Waals surface area contributed by atoms with E-state index in [1.54, 1.807) is 24.3 Å². The van der Waals surface area contributed by atoms with Gasteiger partial charge in [-0.3, -0.25) is 28.5 Å². The number of aryl methyl sites for hydroxylation is 1. The van der Waals surface area contributed by atoms with Crippen LogP contribution in [0.25, 0.3) is 22.3 Å². The van der Waals surface area contributed by atoms with Crippen molar-refractivity contribution < 1.29 is 41.7 Å². The lowest BCUT2D eigenvalue weighted by Crippen LogP contribution is -2.54. The third-order valence-electron chi connectivity index (χ3n) is 11.8. The minimum Gasteiger partial charge on any atom is -0.486 e. The smallest absolute Gasteiger partial charge is 0.283 e. The summed E-state index contributed by atoms with van der Waals surface area (Å²) < 4.78 is 38.5. The molecule has 13 heteroatoms. The second-order valence-electron chi connectivity index (χ2n) is 16.9. The molecule has 0 saturated carbocycles. The molecule has 344 valence electrons. The van der Waals surface area contributed by atoms with Gasteiger partial charge in [0.2, 0.25) is 17.7 Å². The van der Waals surface area contributed by atoms with Crippen LogP contribution < -0.4 is 20.7 Å². The minimum absolute atomic E-state index is 0.00667. The van der Waals surface area contributed by atoms with Gasteiger partial charge in [0.1, 0.15) is 24.3 Å². The quantitative estimate of drug-likeness (QED) is 0.0926. The lowest BCUT2D eigenvalue weighted by Gasteiger charge is -2.26. The number of nitrogens with one attached hydrogen (secondary N) is 3. The Morgan fingerprint density at radius 2 is 1.10 bits per heavy atom. The molecule has 2 aliphatic rings. The Kier molecular flexibility index (Phi) is 16.2. The number of benzene rings is 6. The minimum atomic E-state index is -4.59. The Morgan fingerprint density at radius 3 is 1.67 bits per heavy atom. The highest BCUT2D eigenvalue weighted by Crippen LogP contribution is 2.25. The van der Waals surface area contributed by atoms with Crippen molar-refractivity contribution in [2.45, 2.75) is 57.0 Å². The summed E-state index contributed by atoms with van der Waals surface area (Å²) >= 11 is 0. The maximum atomic E-state index is 14.7. The molecule has 2 heterocycles. The first-order valence-electron chi connectivity index (χ1n) is 22.3. The molecule has 3 amide bonds. The number of amides is 3. The normalized spacial score (nSPS) is 18.6. The fourth-order valence-corrected chi connectivity index (χ4v) is 8.52.